The lowest BCUT2D eigenvalue weighted by atomic mass is 10.2. The first-order valence-corrected chi connectivity index (χ1v) is 7.40. The molecule has 6 nitrogen and oxygen atoms in total. The Bertz CT molecular complexity index is 741. The number of nitrogens with zero attached hydrogens (tertiary/aromatic N) is 2. The van der Waals surface area contributed by atoms with Crippen molar-refractivity contribution >= 4 is 27.7 Å². The van der Waals surface area contributed by atoms with Crippen molar-refractivity contribution in [2.75, 3.05) is 7.05 Å². The molecule has 0 radical (unpaired) electrons. The van der Waals surface area contributed by atoms with Gasteiger partial charge in [-0.2, -0.15) is 4.98 Å². The van der Waals surface area contributed by atoms with E-state index in [-0.39, 0.29) is 0 Å². The van der Waals surface area contributed by atoms with E-state index in [4.69, 9.17) is 0 Å². The molecule has 0 unspecified atom stereocenters. The summed E-state index contributed by atoms with van der Waals surface area (Å²) in [5, 5.41) is 5.93. The fourth-order valence-corrected chi connectivity index (χ4v) is 3.09. The maximum Gasteiger partial charge on any atom is 0.339 e. The second-order valence-corrected chi connectivity index (χ2v) is 5.98. The summed E-state index contributed by atoms with van der Waals surface area (Å²) in [6, 6.07) is 5.89. The number of aromatic nitrogens is 3. The normalized spacial score (nSPS) is 10.8. The van der Waals surface area contributed by atoms with E-state index in [0.29, 0.717) is 5.16 Å². The maximum absolute atomic E-state index is 11.3. The maximum atomic E-state index is 11.3. The Morgan fingerprint density at radius 1 is 1.45 bits per heavy atom. The second kappa shape index (κ2) is 6.38. The summed E-state index contributed by atoms with van der Waals surface area (Å²) in [4.78, 5) is 27.1. The van der Waals surface area contributed by atoms with Gasteiger partial charge in [-0.15, -0.1) is 0 Å². The average molecular weight is 357 g/mol. The van der Waals surface area contributed by atoms with Crippen LogP contribution in [0.4, 0.5) is 0 Å². The van der Waals surface area contributed by atoms with Gasteiger partial charge in [0.1, 0.15) is 0 Å². The van der Waals surface area contributed by atoms with Crippen molar-refractivity contribution in [1.82, 2.24) is 20.1 Å². The molecule has 0 amide bonds. The Balaban J connectivity index is 2.31. The number of hydrogen-bond acceptors (Lipinski definition) is 5. The molecule has 8 heteroatoms. The molecule has 0 saturated carbocycles. The first kappa shape index (κ1) is 15.0. The first-order chi connectivity index (χ1) is 9.51. The zero-order valence-corrected chi connectivity index (χ0v) is 13.3. The van der Waals surface area contributed by atoms with Crippen LogP contribution in [0.1, 0.15) is 5.56 Å². The number of aromatic amines is 1. The average Bonchev–Trinajstić information content (AvgIpc) is 2.39. The molecule has 20 heavy (non-hydrogen) atoms. The summed E-state index contributed by atoms with van der Waals surface area (Å²) in [6.07, 6.45) is 0. The molecule has 1 heterocycles. The summed E-state index contributed by atoms with van der Waals surface area (Å²) in [5.41, 5.74) is -0.362. The Morgan fingerprint density at radius 3 is 2.85 bits per heavy atom. The summed E-state index contributed by atoms with van der Waals surface area (Å²) >= 11 is 4.82. The lowest BCUT2D eigenvalue weighted by Gasteiger charge is -2.08. The van der Waals surface area contributed by atoms with Crippen LogP contribution in [0, 0.1) is 0 Å². The number of benzene rings is 1. The van der Waals surface area contributed by atoms with Gasteiger partial charge >= 0.3 is 11.1 Å². The van der Waals surface area contributed by atoms with E-state index in [1.807, 2.05) is 25.2 Å². The van der Waals surface area contributed by atoms with Crippen molar-refractivity contribution < 1.29 is 0 Å². The molecule has 2 N–H and O–H groups in total. The van der Waals surface area contributed by atoms with Crippen molar-refractivity contribution in [2.24, 2.45) is 7.05 Å². The quantitative estimate of drug-likeness (QED) is 0.802. The predicted molar refractivity (Wildman–Crippen MR) is 81.1 cm³/mol. The molecule has 106 valence electrons. The van der Waals surface area contributed by atoms with E-state index < -0.39 is 11.1 Å². The van der Waals surface area contributed by atoms with E-state index in [1.54, 1.807) is 7.05 Å². The first-order valence-electron chi connectivity index (χ1n) is 5.79. The second-order valence-electron chi connectivity index (χ2n) is 4.09. The van der Waals surface area contributed by atoms with Gasteiger partial charge in [0, 0.05) is 23.0 Å². The van der Waals surface area contributed by atoms with Crippen molar-refractivity contribution in [3.05, 3.63) is 48.9 Å². The van der Waals surface area contributed by atoms with Crippen LogP contribution in [-0.4, -0.2) is 21.8 Å². The molecule has 1 aromatic carbocycles. The van der Waals surface area contributed by atoms with Gasteiger partial charge in [-0.3, -0.25) is 19.4 Å². The van der Waals surface area contributed by atoms with E-state index in [1.165, 1.54) is 16.4 Å². The van der Waals surface area contributed by atoms with Crippen LogP contribution in [0.15, 0.2) is 42.3 Å². The highest BCUT2D eigenvalue weighted by molar-refractivity contribution is 9.10. The molecule has 0 aliphatic rings. The Labute approximate surface area is 127 Å². The predicted octanol–water partition coefficient (Wildman–Crippen LogP) is 1.10. The fourth-order valence-electron chi connectivity index (χ4n) is 1.58. The van der Waals surface area contributed by atoms with Crippen molar-refractivity contribution in [3.63, 3.8) is 0 Å². The van der Waals surface area contributed by atoms with Crippen LogP contribution in [0.25, 0.3) is 0 Å². The van der Waals surface area contributed by atoms with Gasteiger partial charge < -0.3 is 5.32 Å². The Hall–Kier alpha value is -1.38. The van der Waals surface area contributed by atoms with Gasteiger partial charge in [0.05, 0.1) is 0 Å². The summed E-state index contributed by atoms with van der Waals surface area (Å²) in [5.74, 6) is 0. The van der Waals surface area contributed by atoms with Crippen molar-refractivity contribution in [3.8, 4) is 0 Å². The lowest BCUT2D eigenvalue weighted by Crippen LogP contribution is -2.33. The number of rotatable bonds is 4. The highest BCUT2D eigenvalue weighted by Crippen LogP contribution is 2.28. The minimum atomic E-state index is -0.781. The SMILES string of the molecule is CNCc1ccc(Sc2nc(=O)c(=O)[nH]n2C)cc1Br. The summed E-state index contributed by atoms with van der Waals surface area (Å²) < 4.78 is 2.41. The molecule has 2 rings (SSSR count). The number of hydrogen-bond donors (Lipinski definition) is 2. The van der Waals surface area contributed by atoms with Crippen molar-refractivity contribution in [1.29, 1.82) is 0 Å². The topological polar surface area (TPSA) is 79.8 Å². The highest BCUT2D eigenvalue weighted by Gasteiger charge is 2.08. The van der Waals surface area contributed by atoms with Crippen LogP contribution >= 0.6 is 27.7 Å². The standard InChI is InChI=1S/C12H13BrN4O2S/c1-14-6-7-3-4-8(5-9(7)13)20-12-15-10(18)11(19)16-17(12)2/h3-5,14H,6H2,1-2H3,(H,16,19). The van der Waals surface area contributed by atoms with Gasteiger partial charge in [-0.25, -0.2) is 0 Å². The van der Waals surface area contributed by atoms with Crippen LogP contribution in [0.5, 0.6) is 0 Å². The monoisotopic (exact) mass is 356 g/mol. The van der Waals surface area contributed by atoms with Crippen LogP contribution in [0.3, 0.4) is 0 Å². The van der Waals surface area contributed by atoms with Crippen molar-refractivity contribution in [2.45, 2.75) is 16.6 Å². The third-order valence-corrected chi connectivity index (χ3v) is 4.32. The third kappa shape index (κ3) is 3.38. The molecule has 0 fully saturated rings. The summed E-state index contributed by atoms with van der Waals surface area (Å²) in [6.45, 7) is 0.765. The van der Waals surface area contributed by atoms with Crippen LogP contribution in [-0.2, 0) is 13.6 Å². The smallest absolute Gasteiger partial charge is 0.316 e. The number of aryl methyl sites for hydroxylation is 1. The van der Waals surface area contributed by atoms with Gasteiger partial charge in [0.25, 0.3) is 0 Å². The minimum Gasteiger partial charge on any atom is -0.316 e. The lowest BCUT2D eigenvalue weighted by molar-refractivity contribution is 0.596. The summed E-state index contributed by atoms with van der Waals surface area (Å²) in [7, 11) is 3.52. The van der Waals surface area contributed by atoms with Gasteiger partial charge in [0.2, 0.25) is 0 Å². The van der Waals surface area contributed by atoms with E-state index >= 15 is 0 Å². The van der Waals surface area contributed by atoms with Crippen LogP contribution in [0.2, 0.25) is 0 Å². The van der Waals surface area contributed by atoms with Gasteiger partial charge in [0.15, 0.2) is 5.16 Å². The van der Waals surface area contributed by atoms with E-state index in [2.05, 4.69) is 31.3 Å². The zero-order chi connectivity index (χ0) is 14.7. The largest absolute Gasteiger partial charge is 0.339 e. The molecule has 0 aliphatic heterocycles. The fraction of sp³-hybridized carbons (Fsp3) is 0.250. The molecule has 0 bridgehead atoms. The highest BCUT2D eigenvalue weighted by atomic mass is 79.9. The molecule has 2 aromatic rings. The number of H-pyrrole nitrogens is 1. The van der Waals surface area contributed by atoms with E-state index in [9.17, 15) is 9.59 Å². The number of nitrogens with one attached hydrogen (secondary N) is 2. The van der Waals surface area contributed by atoms with E-state index in [0.717, 1.165) is 21.5 Å². The molecule has 0 aliphatic carbocycles. The molecule has 0 spiro atoms. The minimum absolute atomic E-state index is 0.433. The zero-order valence-electron chi connectivity index (χ0n) is 10.9. The Kier molecular flexibility index (Phi) is 4.79. The third-order valence-electron chi connectivity index (χ3n) is 2.55. The van der Waals surface area contributed by atoms with Gasteiger partial charge in [-0.1, -0.05) is 33.8 Å². The van der Waals surface area contributed by atoms with Gasteiger partial charge in [-0.05, 0) is 24.7 Å². The molecule has 1 aromatic heterocycles. The molecular weight excluding hydrogens is 344 g/mol. The van der Waals surface area contributed by atoms with Crippen LogP contribution < -0.4 is 16.4 Å². The molecular formula is C12H13BrN4O2S. The molecule has 0 atom stereocenters. The molecule has 0 saturated heterocycles. The number of halogens is 1. The Morgan fingerprint density at radius 2 is 2.20 bits per heavy atom.